The molecule has 0 aliphatic carbocycles. The third-order valence-electron chi connectivity index (χ3n) is 2.04. The van der Waals surface area contributed by atoms with Gasteiger partial charge in [-0.25, -0.2) is 13.6 Å². The van der Waals surface area contributed by atoms with Gasteiger partial charge in [-0.15, -0.1) is 0 Å². The maximum Gasteiger partial charge on any atom is 0.341 e. The Kier molecular flexibility index (Phi) is 6.31. The molecule has 0 radical (unpaired) electrons. The van der Waals surface area contributed by atoms with Gasteiger partial charge in [-0.3, -0.25) is 0 Å². The molecule has 0 fully saturated rings. The lowest BCUT2D eigenvalue weighted by molar-refractivity contribution is 0.0186. The van der Waals surface area contributed by atoms with Crippen LogP contribution in [0.15, 0.2) is 16.7 Å². The van der Waals surface area contributed by atoms with E-state index in [1.807, 2.05) is 0 Å². The maximum absolute atomic E-state index is 11.7. The Morgan fingerprint density at radius 1 is 1.56 bits per heavy atom. The molecule has 0 aromatic carbocycles. The van der Waals surface area contributed by atoms with E-state index in [9.17, 15) is 13.6 Å². The molecule has 0 saturated heterocycles. The van der Waals surface area contributed by atoms with Crippen LogP contribution in [-0.2, 0) is 16.0 Å². The van der Waals surface area contributed by atoms with Crippen molar-refractivity contribution in [1.29, 1.82) is 0 Å². The van der Waals surface area contributed by atoms with Crippen molar-refractivity contribution in [1.82, 2.24) is 5.32 Å². The van der Waals surface area contributed by atoms with E-state index in [1.54, 1.807) is 6.07 Å². The highest BCUT2D eigenvalue weighted by molar-refractivity contribution is 5.88. The summed E-state index contributed by atoms with van der Waals surface area (Å²) in [6.07, 6.45) is -1.14. The van der Waals surface area contributed by atoms with Crippen molar-refractivity contribution >= 4 is 5.97 Å². The van der Waals surface area contributed by atoms with Gasteiger partial charge in [0.15, 0.2) is 0 Å². The Balaban J connectivity index is 2.16. The fourth-order valence-electron chi connectivity index (χ4n) is 1.23. The van der Waals surface area contributed by atoms with Gasteiger partial charge in [-0.2, -0.15) is 0 Å². The zero-order valence-electron chi connectivity index (χ0n) is 9.95. The molecule has 102 valence electrons. The van der Waals surface area contributed by atoms with Crippen molar-refractivity contribution in [2.45, 2.75) is 13.0 Å². The first-order valence-corrected chi connectivity index (χ1v) is 5.36. The van der Waals surface area contributed by atoms with Crippen LogP contribution in [0.1, 0.15) is 16.1 Å². The molecule has 0 spiro atoms. The third-order valence-corrected chi connectivity index (χ3v) is 2.04. The van der Waals surface area contributed by atoms with E-state index < -0.39 is 19.0 Å². The normalized spacial score (nSPS) is 10.9. The number of alkyl halides is 2. The van der Waals surface area contributed by atoms with E-state index in [4.69, 9.17) is 4.42 Å². The number of carbonyl (C=O) groups is 1. The van der Waals surface area contributed by atoms with Gasteiger partial charge in [0.25, 0.3) is 6.43 Å². The molecule has 0 aliphatic heterocycles. The van der Waals surface area contributed by atoms with E-state index in [0.717, 1.165) is 0 Å². The molecule has 0 saturated carbocycles. The fourth-order valence-corrected chi connectivity index (χ4v) is 1.23. The lowest BCUT2D eigenvalue weighted by Crippen LogP contribution is -2.20. The summed E-state index contributed by atoms with van der Waals surface area (Å²) in [4.78, 5) is 11.1. The number of hydrogen-bond donors (Lipinski definition) is 1. The number of furan rings is 1. The fraction of sp³-hybridized carbons (Fsp3) is 0.545. The smallest absolute Gasteiger partial charge is 0.341 e. The molecule has 1 heterocycles. The first kappa shape index (κ1) is 14.6. The van der Waals surface area contributed by atoms with Gasteiger partial charge >= 0.3 is 5.97 Å². The van der Waals surface area contributed by atoms with Crippen LogP contribution in [0.25, 0.3) is 0 Å². The minimum atomic E-state index is -2.45. The summed E-state index contributed by atoms with van der Waals surface area (Å²) in [6.45, 7) is 0.430. The Hall–Kier alpha value is -1.47. The van der Waals surface area contributed by atoms with Crippen molar-refractivity contribution in [3.8, 4) is 0 Å². The van der Waals surface area contributed by atoms with Gasteiger partial charge in [0, 0.05) is 6.54 Å². The average molecular weight is 263 g/mol. The first-order valence-electron chi connectivity index (χ1n) is 5.36. The monoisotopic (exact) mass is 263 g/mol. The number of methoxy groups -OCH3 is 1. The Bertz CT molecular complexity index is 368. The largest absolute Gasteiger partial charge is 0.467 e. The molecule has 0 unspecified atom stereocenters. The number of hydrogen-bond acceptors (Lipinski definition) is 5. The van der Waals surface area contributed by atoms with Crippen LogP contribution >= 0.6 is 0 Å². The van der Waals surface area contributed by atoms with E-state index in [2.05, 4.69) is 14.8 Å². The summed E-state index contributed by atoms with van der Waals surface area (Å²) in [5, 5.41) is 2.93. The molecule has 1 aromatic heterocycles. The van der Waals surface area contributed by atoms with Crippen molar-refractivity contribution in [3.63, 3.8) is 0 Å². The van der Waals surface area contributed by atoms with Crippen LogP contribution in [0, 0.1) is 0 Å². The average Bonchev–Trinajstić information content (AvgIpc) is 2.81. The van der Waals surface area contributed by atoms with Gasteiger partial charge in [0.1, 0.15) is 18.6 Å². The summed E-state index contributed by atoms with van der Waals surface area (Å²) >= 11 is 0. The van der Waals surface area contributed by atoms with Crippen molar-refractivity contribution in [3.05, 3.63) is 23.7 Å². The van der Waals surface area contributed by atoms with Gasteiger partial charge in [0.2, 0.25) is 0 Å². The Morgan fingerprint density at radius 2 is 2.33 bits per heavy atom. The summed E-state index contributed by atoms with van der Waals surface area (Å²) in [6, 6.07) is 1.55. The van der Waals surface area contributed by atoms with Crippen molar-refractivity contribution in [2.24, 2.45) is 0 Å². The van der Waals surface area contributed by atoms with Gasteiger partial charge in [0.05, 0.1) is 25.8 Å². The second-order valence-corrected chi connectivity index (χ2v) is 3.44. The lowest BCUT2D eigenvalue weighted by atomic mass is 10.3. The van der Waals surface area contributed by atoms with Crippen LogP contribution in [0.2, 0.25) is 0 Å². The predicted octanol–water partition coefficient (Wildman–Crippen LogP) is 1.44. The number of halogens is 2. The molecule has 0 atom stereocenters. The quantitative estimate of drug-likeness (QED) is 0.568. The molecule has 0 aliphatic rings. The molecular formula is C11H15F2NO4. The predicted molar refractivity (Wildman–Crippen MR) is 58.6 cm³/mol. The van der Waals surface area contributed by atoms with Crippen LogP contribution in [-0.4, -0.2) is 39.3 Å². The molecule has 18 heavy (non-hydrogen) atoms. The summed E-state index contributed by atoms with van der Waals surface area (Å²) in [5.41, 5.74) is 0.336. The molecule has 1 N–H and O–H groups in total. The second kappa shape index (κ2) is 7.78. The highest BCUT2D eigenvalue weighted by Gasteiger charge is 2.09. The van der Waals surface area contributed by atoms with Crippen LogP contribution < -0.4 is 5.32 Å². The van der Waals surface area contributed by atoms with E-state index in [1.165, 1.54) is 13.4 Å². The second-order valence-electron chi connectivity index (χ2n) is 3.44. The number of ether oxygens (including phenoxy) is 2. The minimum absolute atomic E-state index is 0.189. The van der Waals surface area contributed by atoms with Gasteiger partial charge in [-0.1, -0.05) is 0 Å². The number of nitrogens with one attached hydrogen (secondary N) is 1. The number of carbonyl (C=O) groups excluding carboxylic acids is 1. The molecular weight excluding hydrogens is 248 g/mol. The lowest BCUT2D eigenvalue weighted by Gasteiger charge is -2.04. The minimum Gasteiger partial charge on any atom is -0.467 e. The molecule has 0 amide bonds. The van der Waals surface area contributed by atoms with Crippen LogP contribution in [0.4, 0.5) is 8.78 Å². The Morgan fingerprint density at radius 3 is 3.00 bits per heavy atom. The van der Waals surface area contributed by atoms with Gasteiger partial charge < -0.3 is 19.2 Å². The van der Waals surface area contributed by atoms with E-state index in [-0.39, 0.29) is 6.61 Å². The summed E-state index contributed by atoms with van der Waals surface area (Å²) in [7, 11) is 1.29. The molecule has 0 bridgehead atoms. The highest BCUT2D eigenvalue weighted by Crippen LogP contribution is 2.08. The maximum atomic E-state index is 11.7. The SMILES string of the molecule is COC(=O)c1coc(CNCCOCC(F)F)c1. The standard InChI is InChI=1S/C11H15F2NO4/c1-16-11(15)8-4-9(18-6-8)5-14-2-3-17-7-10(12)13/h4,6,10,14H,2-3,5,7H2,1H3. The third kappa shape index (κ3) is 5.24. The first-order chi connectivity index (χ1) is 8.63. The molecule has 7 heteroatoms. The topological polar surface area (TPSA) is 60.7 Å². The van der Waals surface area contributed by atoms with Crippen LogP contribution in [0.3, 0.4) is 0 Å². The van der Waals surface area contributed by atoms with Crippen LogP contribution in [0.5, 0.6) is 0 Å². The molecule has 5 nitrogen and oxygen atoms in total. The zero-order chi connectivity index (χ0) is 13.4. The van der Waals surface area contributed by atoms with Gasteiger partial charge in [-0.05, 0) is 6.07 Å². The van der Waals surface area contributed by atoms with Crippen molar-refractivity contribution < 1.29 is 27.5 Å². The zero-order valence-corrected chi connectivity index (χ0v) is 9.95. The van der Waals surface area contributed by atoms with E-state index in [0.29, 0.717) is 24.4 Å². The van der Waals surface area contributed by atoms with E-state index >= 15 is 0 Å². The summed E-state index contributed by atoms with van der Waals surface area (Å²) in [5.74, 6) is 0.0922. The highest BCUT2D eigenvalue weighted by atomic mass is 19.3. The summed E-state index contributed by atoms with van der Waals surface area (Å²) < 4.78 is 37.7. The number of rotatable bonds is 8. The molecule has 1 rings (SSSR count). The Labute approximate surface area is 103 Å². The van der Waals surface area contributed by atoms with Crippen molar-refractivity contribution in [2.75, 3.05) is 26.9 Å². The molecule has 1 aromatic rings. The number of esters is 1.